The van der Waals surface area contributed by atoms with Crippen LogP contribution in [0.15, 0.2) is 36.7 Å². The molecule has 1 aromatic heterocycles. The number of nitrogens with one attached hydrogen (secondary N) is 3. The fourth-order valence-electron chi connectivity index (χ4n) is 3.60. The van der Waals surface area contributed by atoms with Crippen LogP contribution in [0.1, 0.15) is 43.9 Å². The quantitative estimate of drug-likeness (QED) is 0.439. The van der Waals surface area contributed by atoms with Crippen LogP contribution in [0.2, 0.25) is 0 Å². The van der Waals surface area contributed by atoms with E-state index in [2.05, 4.69) is 20.9 Å². The van der Waals surface area contributed by atoms with Crippen molar-refractivity contribution in [2.45, 2.75) is 18.9 Å². The summed E-state index contributed by atoms with van der Waals surface area (Å²) in [7, 11) is 0. The van der Waals surface area contributed by atoms with E-state index in [0.29, 0.717) is 5.56 Å². The third-order valence-electron chi connectivity index (χ3n) is 5.18. The highest BCUT2D eigenvalue weighted by Gasteiger charge is 2.45. The molecule has 3 N–H and O–H groups in total. The van der Waals surface area contributed by atoms with Gasteiger partial charge in [-0.05, 0) is 30.7 Å². The topological polar surface area (TPSA) is 138 Å². The van der Waals surface area contributed by atoms with Crippen LogP contribution in [0.4, 0.5) is 10.1 Å². The lowest BCUT2D eigenvalue weighted by atomic mass is 10.0. The van der Waals surface area contributed by atoms with Crippen molar-refractivity contribution in [1.29, 1.82) is 0 Å². The summed E-state index contributed by atoms with van der Waals surface area (Å²) in [6.45, 7) is 0.320. The lowest BCUT2D eigenvalue weighted by Crippen LogP contribution is -2.54. The van der Waals surface area contributed by atoms with E-state index in [9.17, 15) is 28.4 Å². The van der Waals surface area contributed by atoms with E-state index in [4.69, 9.17) is 0 Å². The fourth-order valence-corrected chi connectivity index (χ4v) is 3.60. The third-order valence-corrected chi connectivity index (χ3v) is 5.18. The van der Waals surface area contributed by atoms with Crippen LogP contribution >= 0.6 is 0 Å². The molecule has 5 amide bonds. The van der Waals surface area contributed by atoms with E-state index < -0.39 is 35.5 Å². The lowest BCUT2D eigenvalue weighted by Gasteiger charge is -2.27. The first kappa shape index (κ1) is 21.1. The zero-order chi connectivity index (χ0) is 22.8. The smallest absolute Gasteiger partial charge is 0.262 e. The number of fused-ring (bicyclic) bond motifs is 1. The monoisotopic (exact) mass is 439 g/mol. The predicted octanol–water partition coefficient (Wildman–Crippen LogP) is 0.464. The van der Waals surface area contributed by atoms with Crippen LogP contribution in [-0.4, -0.2) is 58.6 Å². The highest BCUT2D eigenvalue weighted by Crippen LogP contribution is 2.31. The number of carbonyl (C=O) groups is 5. The van der Waals surface area contributed by atoms with E-state index in [1.807, 2.05) is 0 Å². The Morgan fingerprint density at radius 2 is 1.91 bits per heavy atom. The zero-order valence-corrected chi connectivity index (χ0v) is 16.7. The Labute approximate surface area is 181 Å². The normalized spacial score (nSPS) is 17.8. The number of aromatic nitrogens is 1. The summed E-state index contributed by atoms with van der Waals surface area (Å²) in [5.74, 6) is -3.82. The molecule has 0 saturated carbocycles. The molecule has 32 heavy (non-hydrogen) atoms. The van der Waals surface area contributed by atoms with Gasteiger partial charge in [0.05, 0.1) is 22.4 Å². The first-order valence-electron chi connectivity index (χ1n) is 9.84. The molecule has 11 heteroatoms. The molecule has 4 rings (SSSR count). The molecule has 2 aromatic rings. The maximum absolute atomic E-state index is 14.5. The summed E-state index contributed by atoms with van der Waals surface area (Å²) in [5.41, 5.74) is 0.176. The summed E-state index contributed by atoms with van der Waals surface area (Å²) in [4.78, 5) is 65.5. The molecular formula is C21H18FN5O5. The van der Waals surface area contributed by atoms with Crippen molar-refractivity contribution < 1.29 is 28.4 Å². The molecule has 2 aliphatic rings. The summed E-state index contributed by atoms with van der Waals surface area (Å²) >= 11 is 0. The van der Waals surface area contributed by atoms with E-state index in [-0.39, 0.29) is 48.7 Å². The van der Waals surface area contributed by atoms with Crippen molar-refractivity contribution in [1.82, 2.24) is 20.5 Å². The molecule has 3 heterocycles. The number of pyridine rings is 1. The SMILES string of the molecule is O=C1CCC(N2C(=O)c3cc(F)c(NCCNC(=O)c4cccnc4)cc3C2=O)C(=O)N1. The minimum Gasteiger partial charge on any atom is -0.381 e. The molecule has 1 fully saturated rings. The number of piperidine rings is 1. The number of halogens is 1. The molecule has 0 bridgehead atoms. The first-order valence-corrected chi connectivity index (χ1v) is 9.84. The van der Waals surface area contributed by atoms with Crippen molar-refractivity contribution >= 4 is 35.2 Å². The highest BCUT2D eigenvalue weighted by molar-refractivity contribution is 6.23. The second-order valence-electron chi connectivity index (χ2n) is 7.25. The summed E-state index contributed by atoms with van der Waals surface area (Å²) < 4.78 is 14.5. The number of nitrogens with zero attached hydrogens (tertiary/aromatic N) is 2. The van der Waals surface area contributed by atoms with Crippen LogP contribution in [0.5, 0.6) is 0 Å². The van der Waals surface area contributed by atoms with Gasteiger partial charge in [-0.3, -0.25) is 39.2 Å². The Morgan fingerprint density at radius 1 is 1.16 bits per heavy atom. The number of hydrogen-bond acceptors (Lipinski definition) is 7. The van der Waals surface area contributed by atoms with E-state index in [1.165, 1.54) is 12.3 Å². The summed E-state index contributed by atoms with van der Waals surface area (Å²) in [6.07, 6.45) is 2.97. The average molecular weight is 439 g/mol. The number of rotatable bonds is 6. The number of anilines is 1. The maximum Gasteiger partial charge on any atom is 0.262 e. The third kappa shape index (κ3) is 3.92. The molecule has 1 atom stereocenters. The van der Waals surface area contributed by atoms with Gasteiger partial charge in [-0.2, -0.15) is 0 Å². The highest BCUT2D eigenvalue weighted by atomic mass is 19.1. The number of carbonyl (C=O) groups excluding carboxylic acids is 5. The van der Waals surface area contributed by atoms with Crippen molar-refractivity contribution in [3.05, 3.63) is 59.2 Å². The number of amides is 5. The number of hydrogen-bond donors (Lipinski definition) is 3. The molecular weight excluding hydrogens is 421 g/mol. The van der Waals surface area contributed by atoms with E-state index >= 15 is 0 Å². The van der Waals surface area contributed by atoms with Crippen molar-refractivity contribution in [2.24, 2.45) is 0 Å². The molecule has 1 unspecified atom stereocenters. The van der Waals surface area contributed by atoms with Gasteiger partial charge in [0.15, 0.2) is 0 Å². The minimum absolute atomic E-state index is 0.00422. The lowest BCUT2D eigenvalue weighted by molar-refractivity contribution is -0.136. The van der Waals surface area contributed by atoms with Crippen LogP contribution in [0, 0.1) is 5.82 Å². The summed E-state index contributed by atoms with van der Waals surface area (Å²) in [6, 6.07) is 4.26. The van der Waals surface area contributed by atoms with Crippen LogP contribution in [0.25, 0.3) is 0 Å². The Hall–Kier alpha value is -4.15. The van der Waals surface area contributed by atoms with Gasteiger partial charge >= 0.3 is 0 Å². The fraction of sp³-hybridized carbons (Fsp3) is 0.238. The van der Waals surface area contributed by atoms with Crippen molar-refractivity contribution in [3.8, 4) is 0 Å². The number of benzene rings is 1. The van der Waals surface area contributed by atoms with Gasteiger partial charge in [0.2, 0.25) is 11.8 Å². The second kappa shape index (κ2) is 8.53. The van der Waals surface area contributed by atoms with Gasteiger partial charge in [0, 0.05) is 31.9 Å². The first-order chi connectivity index (χ1) is 15.4. The van der Waals surface area contributed by atoms with Gasteiger partial charge in [-0.25, -0.2) is 4.39 Å². The standard InChI is InChI=1S/C21H18FN5O5/c22-14-8-12-13(21(32)27(20(12)31)16-3-4-17(28)26-19(16)30)9-15(14)24-6-7-25-18(29)11-2-1-5-23-10-11/h1-2,5,8-10,16,24H,3-4,6-7H2,(H,25,29)(H,26,28,30). The molecule has 0 aliphatic carbocycles. The van der Waals surface area contributed by atoms with E-state index in [1.54, 1.807) is 18.3 Å². The predicted molar refractivity (Wildman–Crippen MR) is 108 cm³/mol. The zero-order valence-electron chi connectivity index (χ0n) is 16.7. The van der Waals surface area contributed by atoms with Crippen molar-refractivity contribution in [3.63, 3.8) is 0 Å². The second-order valence-corrected chi connectivity index (χ2v) is 7.25. The van der Waals surface area contributed by atoms with Crippen LogP contribution in [-0.2, 0) is 9.59 Å². The molecule has 1 saturated heterocycles. The van der Waals surface area contributed by atoms with E-state index in [0.717, 1.165) is 11.0 Å². The molecule has 2 aliphatic heterocycles. The maximum atomic E-state index is 14.5. The molecule has 1 aromatic carbocycles. The molecule has 164 valence electrons. The Kier molecular flexibility index (Phi) is 5.63. The molecule has 10 nitrogen and oxygen atoms in total. The van der Waals surface area contributed by atoms with Crippen LogP contribution < -0.4 is 16.0 Å². The van der Waals surface area contributed by atoms with Crippen LogP contribution in [0.3, 0.4) is 0 Å². The Morgan fingerprint density at radius 3 is 2.59 bits per heavy atom. The van der Waals surface area contributed by atoms with Crippen molar-refractivity contribution in [2.75, 3.05) is 18.4 Å². The Bertz CT molecular complexity index is 1140. The molecule has 0 spiro atoms. The van der Waals surface area contributed by atoms with Gasteiger partial charge in [0.1, 0.15) is 11.9 Å². The largest absolute Gasteiger partial charge is 0.381 e. The van der Waals surface area contributed by atoms with Gasteiger partial charge in [0.25, 0.3) is 17.7 Å². The summed E-state index contributed by atoms with van der Waals surface area (Å²) in [5, 5.41) is 7.54. The number of imide groups is 2. The van der Waals surface area contributed by atoms with Gasteiger partial charge in [-0.1, -0.05) is 0 Å². The average Bonchev–Trinajstić information content (AvgIpc) is 3.01. The molecule has 0 radical (unpaired) electrons. The Balaban J connectivity index is 1.42. The van der Waals surface area contributed by atoms with Gasteiger partial charge < -0.3 is 10.6 Å². The minimum atomic E-state index is -1.12. The van der Waals surface area contributed by atoms with Gasteiger partial charge in [-0.15, -0.1) is 0 Å².